The molecule has 1 aromatic heterocycles. The lowest BCUT2D eigenvalue weighted by Crippen LogP contribution is -1.83. The van der Waals surface area contributed by atoms with Crippen molar-refractivity contribution >= 4 is 0 Å². The number of allylic oxidation sites excluding steroid dienone is 4. The zero-order valence-electron chi connectivity index (χ0n) is 14.4. The largest absolute Gasteiger partial charge is 0.469 e. The van der Waals surface area contributed by atoms with Gasteiger partial charge in [0.1, 0.15) is 5.76 Å². The molecule has 0 saturated carbocycles. The van der Waals surface area contributed by atoms with Crippen LogP contribution in [0.15, 0.2) is 47.1 Å². The van der Waals surface area contributed by atoms with Crippen LogP contribution in [0, 0.1) is 0 Å². The van der Waals surface area contributed by atoms with Crippen LogP contribution < -0.4 is 0 Å². The van der Waals surface area contributed by atoms with Crippen LogP contribution in [-0.4, -0.2) is 0 Å². The molecule has 0 saturated heterocycles. The number of rotatable bonds is 14. The van der Waals surface area contributed by atoms with Crippen molar-refractivity contribution in [2.24, 2.45) is 0 Å². The van der Waals surface area contributed by atoms with Gasteiger partial charge in [-0.1, -0.05) is 69.8 Å². The van der Waals surface area contributed by atoms with Crippen LogP contribution >= 0.6 is 0 Å². The average molecular weight is 303 g/mol. The Morgan fingerprint density at radius 1 is 0.818 bits per heavy atom. The van der Waals surface area contributed by atoms with Gasteiger partial charge in [0.2, 0.25) is 0 Å². The first-order valence-corrected chi connectivity index (χ1v) is 9.27. The summed E-state index contributed by atoms with van der Waals surface area (Å²) in [5.74, 6) is 1.13. The number of hydrogen-bond acceptors (Lipinski definition) is 1. The Bertz CT molecular complexity index is 373. The van der Waals surface area contributed by atoms with Gasteiger partial charge in [-0.3, -0.25) is 0 Å². The first kappa shape index (κ1) is 18.8. The molecule has 1 heterocycles. The molecule has 0 radical (unpaired) electrons. The number of aryl methyl sites for hydroxylation is 1. The van der Waals surface area contributed by atoms with Crippen molar-refractivity contribution in [2.45, 2.75) is 84.0 Å². The SMILES string of the molecule is CCCCCC/C=C/C=C\CCCCCCCc1ccco1. The van der Waals surface area contributed by atoms with Gasteiger partial charge in [-0.25, -0.2) is 0 Å². The van der Waals surface area contributed by atoms with Crippen LogP contribution in [0.4, 0.5) is 0 Å². The third-order valence-corrected chi connectivity index (χ3v) is 3.98. The fourth-order valence-electron chi connectivity index (χ4n) is 2.59. The summed E-state index contributed by atoms with van der Waals surface area (Å²) in [6.45, 7) is 2.26. The highest BCUT2D eigenvalue weighted by Gasteiger charge is 1.95. The molecule has 0 aromatic carbocycles. The van der Waals surface area contributed by atoms with Crippen molar-refractivity contribution in [3.05, 3.63) is 48.5 Å². The van der Waals surface area contributed by atoms with E-state index in [1.165, 1.54) is 70.6 Å². The lowest BCUT2D eigenvalue weighted by atomic mass is 10.1. The van der Waals surface area contributed by atoms with E-state index >= 15 is 0 Å². The summed E-state index contributed by atoms with van der Waals surface area (Å²) >= 11 is 0. The summed E-state index contributed by atoms with van der Waals surface area (Å²) in [4.78, 5) is 0. The zero-order valence-corrected chi connectivity index (χ0v) is 14.4. The Labute approximate surface area is 137 Å². The first-order valence-electron chi connectivity index (χ1n) is 9.27. The van der Waals surface area contributed by atoms with E-state index in [0.29, 0.717) is 0 Å². The van der Waals surface area contributed by atoms with E-state index in [1.54, 1.807) is 6.26 Å². The monoisotopic (exact) mass is 302 g/mol. The second-order valence-corrected chi connectivity index (χ2v) is 6.09. The van der Waals surface area contributed by atoms with E-state index in [0.717, 1.165) is 12.2 Å². The number of furan rings is 1. The number of hydrogen-bond donors (Lipinski definition) is 0. The summed E-state index contributed by atoms with van der Waals surface area (Å²) in [5.41, 5.74) is 0. The predicted molar refractivity (Wildman–Crippen MR) is 97.2 cm³/mol. The highest BCUT2D eigenvalue weighted by atomic mass is 16.3. The molecule has 0 fully saturated rings. The molecule has 1 aromatic rings. The summed E-state index contributed by atoms with van der Waals surface area (Å²) in [7, 11) is 0. The predicted octanol–water partition coefficient (Wildman–Crippen LogP) is 7.25. The third kappa shape index (κ3) is 11.4. The molecule has 0 spiro atoms. The van der Waals surface area contributed by atoms with Crippen molar-refractivity contribution in [2.75, 3.05) is 0 Å². The fraction of sp³-hybridized carbons (Fsp3) is 0.619. The second-order valence-electron chi connectivity index (χ2n) is 6.09. The lowest BCUT2D eigenvalue weighted by molar-refractivity contribution is 0.492. The Kier molecular flexibility index (Phi) is 12.6. The Morgan fingerprint density at radius 2 is 1.45 bits per heavy atom. The normalized spacial score (nSPS) is 11.9. The van der Waals surface area contributed by atoms with Crippen LogP contribution in [-0.2, 0) is 6.42 Å². The number of unbranched alkanes of at least 4 members (excludes halogenated alkanes) is 9. The van der Waals surface area contributed by atoms with Gasteiger partial charge in [-0.05, 0) is 44.2 Å². The zero-order chi connectivity index (χ0) is 15.7. The fourth-order valence-corrected chi connectivity index (χ4v) is 2.59. The Balaban J connectivity index is 1.80. The van der Waals surface area contributed by atoms with Crippen LogP contribution in [0.5, 0.6) is 0 Å². The summed E-state index contributed by atoms with van der Waals surface area (Å²) in [6.07, 6.45) is 26.4. The highest BCUT2D eigenvalue weighted by molar-refractivity contribution is 5.02. The second kappa shape index (κ2) is 14.7. The van der Waals surface area contributed by atoms with E-state index in [4.69, 9.17) is 4.42 Å². The van der Waals surface area contributed by atoms with Crippen molar-refractivity contribution in [3.63, 3.8) is 0 Å². The maximum atomic E-state index is 5.34. The van der Waals surface area contributed by atoms with Gasteiger partial charge in [0, 0.05) is 6.42 Å². The lowest BCUT2D eigenvalue weighted by Gasteiger charge is -1.99. The van der Waals surface area contributed by atoms with Gasteiger partial charge >= 0.3 is 0 Å². The van der Waals surface area contributed by atoms with Gasteiger partial charge in [0.25, 0.3) is 0 Å². The molecule has 1 heteroatoms. The Morgan fingerprint density at radius 3 is 2.09 bits per heavy atom. The molecular formula is C21H34O. The maximum absolute atomic E-state index is 5.34. The van der Waals surface area contributed by atoms with E-state index in [2.05, 4.69) is 37.3 Å². The van der Waals surface area contributed by atoms with Gasteiger partial charge in [-0.15, -0.1) is 0 Å². The minimum Gasteiger partial charge on any atom is -0.469 e. The van der Waals surface area contributed by atoms with Crippen molar-refractivity contribution < 1.29 is 4.42 Å². The summed E-state index contributed by atoms with van der Waals surface area (Å²) < 4.78 is 5.34. The van der Waals surface area contributed by atoms with Gasteiger partial charge in [-0.2, -0.15) is 0 Å². The van der Waals surface area contributed by atoms with E-state index in [1.807, 2.05) is 6.07 Å². The molecule has 0 amide bonds. The summed E-state index contributed by atoms with van der Waals surface area (Å²) in [5, 5.41) is 0. The third-order valence-electron chi connectivity index (χ3n) is 3.98. The molecule has 0 aliphatic heterocycles. The molecule has 0 aliphatic carbocycles. The molecule has 0 aliphatic rings. The quantitative estimate of drug-likeness (QED) is 0.260. The van der Waals surface area contributed by atoms with Crippen LogP contribution in [0.1, 0.15) is 83.3 Å². The summed E-state index contributed by atoms with van der Waals surface area (Å²) in [6, 6.07) is 4.05. The molecule has 0 bridgehead atoms. The Hall–Kier alpha value is -1.24. The van der Waals surface area contributed by atoms with E-state index < -0.39 is 0 Å². The maximum Gasteiger partial charge on any atom is 0.103 e. The van der Waals surface area contributed by atoms with Crippen molar-refractivity contribution in [1.82, 2.24) is 0 Å². The smallest absolute Gasteiger partial charge is 0.103 e. The highest BCUT2D eigenvalue weighted by Crippen LogP contribution is 2.10. The minimum atomic E-state index is 1.09. The van der Waals surface area contributed by atoms with Crippen molar-refractivity contribution in [1.29, 1.82) is 0 Å². The molecule has 0 atom stereocenters. The average Bonchev–Trinajstić information content (AvgIpc) is 3.04. The van der Waals surface area contributed by atoms with Gasteiger partial charge in [0.05, 0.1) is 6.26 Å². The molecule has 22 heavy (non-hydrogen) atoms. The topological polar surface area (TPSA) is 13.1 Å². The molecule has 0 N–H and O–H groups in total. The van der Waals surface area contributed by atoms with E-state index in [-0.39, 0.29) is 0 Å². The minimum absolute atomic E-state index is 1.09. The molecule has 124 valence electrons. The molecule has 0 unspecified atom stereocenters. The standard InChI is InChI=1S/C21H34O/c1-2-3-4-5-6-7-8-9-10-11-12-13-14-15-16-18-21-19-17-20-22-21/h7-10,17,19-20H,2-6,11-16,18H2,1H3/b8-7+,10-9-. The molecule has 1 rings (SSSR count). The van der Waals surface area contributed by atoms with E-state index in [9.17, 15) is 0 Å². The van der Waals surface area contributed by atoms with Crippen molar-refractivity contribution in [3.8, 4) is 0 Å². The van der Waals surface area contributed by atoms with Gasteiger partial charge < -0.3 is 4.42 Å². The van der Waals surface area contributed by atoms with Crippen LogP contribution in [0.25, 0.3) is 0 Å². The van der Waals surface area contributed by atoms with Gasteiger partial charge in [0.15, 0.2) is 0 Å². The molecular weight excluding hydrogens is 268 g/mol. The van der Waals surface area contributed by atoms with Crippen LogP contribution in [0.2, 0.25) is 0 Å². The first-order chi connectivity index (χ1) is 10.9. The molecule has 1 nitrogen and oxygen atoms in total. The van der Waals surface area contributed by atoms with Crippen LogP contribution in [0.3, 0.4) is 0 Å².